The number of nitrogens with zero attached hydrogens (tertiary/aromatic N) is 2. The van der Waals surface area contributed by atoms with Crippen LogP contribution in [-0.4, -0.2) is 60.5 Å². The Morgan fingerprint density at radius 1 is 1.28 bits per heavy atom. The van der Waals surface area contributed by atoms with Gasteiger partial charge in [0.05, 0.1) is 25.2 Å². The fourth-order valence-electron chi connectivity index (χ4n) is 3.13. The molecule has 29 heavy (non-hydrogen) atoms. The number of carbonyl (C=O) groups is 2. The molecular weight excluding hydrogens is 368 g/mol. The van der Waals surface area contributed by atoms with Crippen molar-refractivity contribution in [3.63, 3.8) is 0 Å². The van der Waals surface area contributed by atoms with E-state index in [1.165, 1.54) is 0 Å². The lowest BCUT2D eigenvalue weighted by Gasteiger charge is -2.33. The zero-order chi connectivity index (χ0) is 20.3. The Morgan fingerprint density at radius 3 is 2.93 bits per heavy atom. The average Bonchev–Trinajstić information content (AvgIpc) is 2.75. The summed E-state index contributed by atoms with van der Waals surface area (Å²) < 4.78 is 5.51. The van der Waals surface area contributed by atoms with Gasteiger partial charge < -0.3 is 15.4 Å². The topological polar surface area (TPSA) is 83.6 Å². The van der Waals surface area contributed by atoms with E-state index in [0.29, 0.717) is 38.5 Å². The van der Waals surface area contributed by atoms with Crippen molar-refractivity contribution in [2.45, 2.75) is 12.5 Å². The van der Waals surface area contributed by atoms with Crippen LogP contribution in [0.2, 0.25) is 0 Å². The van der Waals surface area contributed by atoms with Gasteiger partial charge >= 0.3 is 0 Å². The van der Waals surface area contributed by atoms with E-state index in [4.69, 9.17) is 4.74 Å². The summed E-state index contributed by atoms with van der Waals surface area (Å²) in [6.07, 6.45) is 7.47. The van der Waals surface area contributed by atoms with Gasteiger partial charge in [-0.05, 0) is 17.7 Å². The molecule has 7 heteroatoms. The predicted octanol–water partition coefficient (Wildman–Crippen LogP) is 1.48. The summed E-state index contributed by atoms with van der Waals surface area (Å²) in [5.74, 6) is 0.384. The fraction of sp³-hybridized carbons (Fsp3) is 0.318. The summed E-state index contributed by atoms with van der Waals surface area (Å²) in [5.41, 5.74) is 1.11. The number of piperazine rings is 1. The van der Waals surface area contributed by atoms with Crippen LogP contribution in [0.15, 0.2) is 60.9 Å². The van der Waals surface area contributed by atoms with Crippen LogP contribution in [0.5, 0.6) is 5.75 Å². The van der Waals surface area contributed by atoms with Crippen LogP contribution < -0.4 is 15.4 Å². The maximum absolute atomic E-state index is 12.3. The van der Waals surface area contributed by atoms with Crippen molar-refractivity contribution >= 4 is 17.9 Å². The maximum atomic E-state index is 12.3. The van der Waals surface area contributed by atoms with Crippen molar-refractivity contribution in [2.24, 2.45) is 0 Å². The van der Waals surface area contributed by atoms with Crippen LogP contribution in [0, 0.1) is 0 Å². The van der Waals surface area contributed by atoms with Gasteiger partial charge in [0.1, 0.15) is 12.4 Å². The molecule has 2 heterocycles. The number of amides is 2. The molecule has 1 aliphatic heterocycles. The molecule has 152 valence electrons. The van der Waals surface area contributed by atoms with Crippen LogP contribution >= 0.6 is 0 Å². The van der Waals surface area contributed by atoms with Crippen LogP contribution in [0.25, 0.3) is 6.08 Å². The maximum Gasteiger partial charge on any atom is 0.237 e. The molecule has 1 saturated heterocycles. The molecule has 7 nitrogen and oxygen atoms in total. The average molecular weight is 394 g/mol. The predicted molar refractivity (Wildman–Crippen MR) is 111 cm³/mol. The van der Waals surface area contributed by atoms with E-state index in [-0.39, 0.29) is 18.2 Å². The highest BCUT2D eigenvalue weighted by Gasteiger charge is 2.30. The second-order valence-electron chi connectivity index (χ2n) is 6.71. The van der Waals surface area contributed by atoms with Gasteiger partial charge in [-0.1, -0.05) is 42.5 Å². The normalized spacial score (nSPS) is 17.1. The molecule has 0 bridgehead atoms. The molecular formula is C22H26N4O3. The molecule has 0 aliphatic carbocycles. The lowest BCUT2D eigenvalue weighted by atomic mass is 10.1. The van der Waals surface area contributed by atoms with E-state index in [9.17, 15) is 9.59 Å². The molecule has 2 amide bonds. The summed E-state index contributed by atoms with van der Waals surface area (Å²) in [7, 11) is 0. The fourth-order valence-corrected chi connectivity index (χ4v) is 3.13. The SMILES string of the molecule is O=C(CC1C(=O)NCCN1C/C=C/c1ccccc1)NCCOc1cccnc1. The second kappa shape index (κ2) is 11.0. The van der Waals surface area contributed by atoms with Gasteiger partial charge in [0.25, 0.3) is 0 Å². The molecule has 1 aromatic carbocycles. The zero-order valence-electron chi connectivity index (χ0n) is 16.3. The first-order valence-electron chi connectivity index (χ1n) is 9.75. The van der Waals surface area contributed by atoms with E-state index >= 15 is 0 Å². The standard InChI is InChI=1S/C22H26N4O3/c27-21(24-12-15-29-19-9-4-10-23-17-19)16-20-22(28)25-11-14-26(20)13-5-8-18-6-2-1-3-7-18/h1-10,17,20H,11-16H2,(H,24,27)(H,25,28)/b8-5+. The highest BCUT2D eigenvalue weighted by molar-refractivity contribution is 5.88. The van der Waals surface area contributed by atoms with Crippen molar-refractivity contribution < 1.29 is 14.3 Å². The number of ether oxygens (including phenoxy) is 1. The third-order valence-electron chi connectivity index (χ3n) is 4.60. The van der Waals surface area contributed by atoms with Gasteiger partial charge in [0.2, 0.25) is 11.8 Å². The minimum atomic E-state index is -0.469. The van der Waals surface area contributed by atoms with Gasteiger partial charge in [0.15, 0.2) is 0 Å². The van der Waals surface area contributed by atoms with Gasteiger partial charge in [-0.2, -0.15) is 0 Å². The number of pyridine rings is 1. The third-order valence-corrected chi connectivity index (χ3v) is 4.60. The summed E-state index contributed by atoms with van der Waals surface area (Å²) >= 11 is 0. The minimum Gasteiger partial charge on any atom is -0.490 e. The van der Waals surface area contributed by atoms with Crippen molar-refractivity contribution in [1.82, 2.24) is 20.5 Å². The first-order chi connectivity index (χ1) is 14.2. The molecule has 2 aromatic rings. The molecule has 1 atom stereocenters. The monoisotopic (exact) mass is 394 g/mol. The summed E-state index contributed by atoms with van der Waals surface area (Å²) in [4.78, 5) is 30.6. The quantitative estimate of drug-likeness (QED) is 0.630. The first-order valence-corrected chi connectivity index (χ1v) is 9.75. The van der Waals surface area contributed by atoms with E-state index in [1.807, 2.05) is 53.5 Å². The molecule has 0 saturated carbocycles. The molecule has 1 aromatic heterocycles. The number of nitrogens with one attached hydrogen (secondary N) is 2. The number of hydrogen-bond donors (Lipinski definition) is 2. The molecule has 1 unspecified atom stereocenters. The molecule has 3 rings (SSSR count). The van der Waals surface area contributed by atoms with Gasteiger partial charge in [0, 0.05) is 25.8 Å². The lowest BCUT2D eigenvalue weighted by Crippen LogP contribution is -2.56. The van der Waals surface area contributed by atoms with Crippen LogP contribution in [0.4, 0.5) is 0 Å². The Kier molecular flexibility index (Phi) is 7.77. The summed E-state index contributed by atoms with van der Waals surface area (Å²) in [5, 5.41) is 5.66. The van der Waals surface area contributed by atoms with Crippen LogP contribution in [-0.2, 0) is 9.59 Å². The Hall–Kier alpha value is -3.19. The number of rotatable bonds is 9. The Morgan fingerprint density at radius 2 is 2.14 bits per heavy atom. The van der Waals surface area contributed by atoms with Crippen molar-refractivity contribution in [3.8, 4) is 5.75 Å². The third kappa shape index (κ3) is 6.73. The first kappa shape index (κ1) is 20.5. The molecule has 0 spiro atoms. The molecule has 2 N–H and O–H groups in total. The number of hydrogen-bond acceptors (Lipinski definition) is 5. The largest absolute Gasteiger partial charge is 0.490 e. The Balaban J connectivity index is 1.45. The van der Waals surface area contributed by atoms with E-state index in [2.05, 4.69) is 15.6 Å². The highest BCUT2D eigenvalue weighted by Crippen LogP contribution is 2.10. The van der Waals surface area contributed by atoms with Gasteiger partial charge in [-0.15, -0.1) is 0 Å². The smallest absolute Gasteiger partial charge is 0.237 e. The molecule has 1 aliphatic rings. The number of benzene rings is 1. The minimum absolute atomic E-state index is 0.105. The Labute approximate surface area is 170 Å². The molecule has 1 fully saturated rings. The van der Waals surface area contributed by atoms with Crippen molar-refractivity contribution in [1.29, 1.82) is 0 Å². The van der Waals surface area contributed by atoms with Crippen LogP contribution in [0.1, 0.15) is 12.0 Å². The van der Waals surface area contributed by atoms with Crippen LogP contribution in [0.3, 0.4) is 0 Å². The second-order valence-corrected chi connectivity index (χ2v) is 6.71. The summed E-state index contributed by atoms with van der Waals surface area (Å²) in [6.45, 7) is 2.64. The van der Waals surface area contributed by atoms with Gasteiger partial charge in [-0.3, -0.25) is 19.5 Å². The number of carbonyl (C=O) groups excluding carboxylic acids is 2. The number of aromatic nitrogens is 1. The molecule has 0 radical (unpaired) electrons. The van der Waals surface area contributed by atoms with Crippen molar-refractivity contribution in [2.75, 3.05) is 32.8 Å². The highest BCUT2D eigenvalue weighted by atomic mass is 16.5. The van der Waals surface area contributed by atoms with Crippen molar-refractivity contribution in [3.05, 3.63) is 66.5 Å². The van der Waals surface area contributed by atoms with E-state index < -0.39 is 6.04 Å². The Bertz CT molecular complexity index is 811. The van der Waals surface area contributed by atoms with E-state index in [1.54, 1.807) is 18.5 Å². The van der Waals surface area contributed by atoms with Gasteiger partial charge in [-0.25, -0.2) is 0 Å². The van der Waals surface area contributed by atoms with E-state index in [0.717, 1.165) is 5.56 Å². The lowest BCUT2D eigenvalue weighted by molar-refractivity contribution is -0.133. The zero-order valence-corrected chi connectivity index (χ0v) is 16.3. The summed E-state index contributed by atoms with van der Waals surface area (Å²) in [6, 6.07) is 13.1.